The number of aromatic nitrogens is 1. The number of hydrogen-bond acceptors (Lipinski definition) is 5. The van der Waals surface area contributed by atoms with E-state index in [1.54, 1.807) is 11.3 Å². The highest BCUT2D eigenvalue weighted by Crippen LogP contribution is 2.22. The molecule has 0 spiro atoms. The Hall–Kier alpha value is -1.96. The van der Waals surface area contributed by atoms with Crippen molar-refractivity contribution in [3.05, 3.63) is 51.0 Å². The normalized spacial score (nSPS) is 16.6. The summed E-state index contributed by atoms with van der Waals surface area (Å²) < 4.78 is 5.55. The molecule has 0 saturated carbocycles. The molecule has 1 aliphatic rings. The first-order chi connectivity index (χ1) is 14.1. The number of benzene rings is 1. The number of morpholine rings is 1. The van der Waals surface area contributed by atoms with E-state index < -0.39 is 0 Å². The van der Waals surface area contributed by atoms with Gasteiger partial charge in [-0.2, -0.15) is 0 Å². The van der Waals surface area contributed by atoms with Gasteiger partial charge in [0.05, 0.1) is 30.0 Å². The average Bonchev–Trinajstić information content (AvgIpc) is 3.06. The van der Waals surface area contributed by atoms with Gasteiger partial charge in [0.1, 0.15) is 0 Å². The van der Waals surface area contributed by atoms with E-state index in [2.05, 4.69) is 70.5 Å². The smallest absolute Gasteiger partial charge is 0.191 e. The van der Waals surface area contributed by atoms with Gasteiger partial charge in [-0.1, -0.05) is 29.8 Å². The van der Waals surface area contributed by atoms with Crippen LogP contribution in [0.2, 0.25) is 0 Å². The van der Waals surface area contributed by atoms with Crippen LogP contribution in [0, 0.1) is 20.8 Å². The van der Waals surface area contributed by atoms with E-state index in [0.29, 0.717) is 6.04 Å². The van der Waals surface area contributed by atoms with E-state index >= 15 is 0 Å². The van der Waals surface area contributed by atoms with Crippen LogP contribution in [-0.2, 0) is 11.2 Å². The highest BCUT2D eigenvalue weighted by Gasteiger charge is 2.22. The largest absolute Gasteiger partial charge is 0.379 e. The lowest BCUT2D eigenvalue weighted by molar-refractivity contribution is 0.0170. The van der Waals surface area contributed by atoms with Crippen molar-refractivity contribution in [3.63, 3.8) is 0 Å². The molecule has 3 rings (SSSR count). The fourth-order valence-corrected chi connectivity index (χ4v) is 4.42. The van der Waals surface area contributed by atoms with Gasteiger partial charge in [-0.05, 0) is 26.3 Å². The summed E-state index contributed by atoms with van der Waals surface area (Å²) in [5.74, 6) is 0.834. The number of ether oxygens (including phenoxy) is 1. The summed E-state index contributed by atoms with van der Waals surface area (Å²) in [4.78, 5) is 12.8. The molecule has 2 aromatic rings. The molecule has 0 radical (unpaired) electrons. The van der Waals surface area contributed by atoms with Crippen LogP contribution in [0.1, 0.15) is 32.7 Å². The first-order valence-electron chi connectivity index (χ1n) is 10.3. The molecule has 2 heterocycles. The van der Waals surface area contributed by atoms with E-state index in [0.717, 1.165) is 57.5 Å². The molecule has 6 nitrogen and oxygen atoms in total. The van der Waals surface area contributed by atoms with Gasteiger partial charge in [-0.25, -0.2) is 4.98 Å². The molecule has 1 aromatic heterocycles. The summed E-state index contributed by atoms with van der Waals surface area (Å²) in [5, 5.41) is 8.12. The zero-order chi connectivity index (χ0) is 20.6. The quantitative estimate of drug-likeness (QED) is 0.538. The zero-order valence-corrected chi connectivity index (χ0v) is 18.8. The van der Waals surface area contributed by atoms with Crippen molar-refractivity contribution < 1.29 is 4.74 Å². The first kappa shape index (κ1) is 21.7. The standard InChI is InChI=1S/C22H33N5OS/c1-16-5-7-19(8-6-16)20(27-11-13-28-14-12-27)15-25-22(23-4)24-10-9-21-26-17(2)18(3)29-21/h5-8,20H,9-15H2,1-4H3,(H2,23,24,25). The lowest BCUT2D eigenvalue weighted by Crippen LogP contribution is -2.46. The minimum atomic E-state index is 0.294. The number of rotatable bonds is 7. The van der Waals surface area contributed by atoms with Gasteiger partial charge >= 0.3 is 0 Å². The summed E-state index contributed by atoms with van der Waals surface area (Å²) >= 11 is 1.78. The maximum absolute atomic E-state index is 5.55. The van der Waals surface area contributed by atoms with Crippen molar-refractivity contribution in [2.75, 3.05) is 46.4 Å². The van der Waals surface area contributed by atoms with Gasteiger partial charge in [0, 0.05) is 44.5 Å². The summed E-state index contributed by atoms with van der Waals surface area (Å²) in [7, 11) is 1.82. The van der Waals surface area contributed by atoms with Crippen LogP contribution in [-0.4, -0.2) is 62.3 Å². The molecule has 1 fully saturated rings. The highest BCUT2D eigenvalue weighted by molar-refractivity contribution is 7.11. The SMILES string of the molecule is CN=C(NCCc1nc(C)c(C)s1)NCC(c1ccc(C)cc1)N1CCOCC1. The molecule has 158 valence electrons. The average molecular weight is 416 g/mol. The van der Waals surface area contributed by atoms with Crippen molar-refractivity contribution in [2.45, 2.75) is 33.2 Å². The van der Waals surface area contributed by atoms with Crippen molar-refractivity contribution in [1.82, 2.24) is 20.5 Å². The Labute approximate surface area is 178 Å². The lowest BCUT2D eigenvalue weighted by atomic mass is 10.0. The number of hydrogen-bond donors (Lipinski definition) is 2. The van der Waals surface area contributed by atoms with Crippen LogP contribution in [0.15, 0.2) is 29.3 Å². The van der Waals surface area contributed by atoms with Gasteiger partial charge in [0.15, 0.2) is 5.96 Å². The molecule has 1 atom stereocenters. The number of nitrogens with zero attached hydrogens (tertiary/aromatic N) is 3. The third-order valence-corrected chi connectivity index (χ3v) is 6.47. The fourth-order valence-electron chi connectivity index (χ4n) is 3.48. The predicted molar refractivity (Wildman–Crippen MR) is 121 cm³/mol. The molecule has 1 saturated heterocycles. The summed E-state index contributed by atoms with van der Waals surface area (Å²) in [6.07, 6.45) is 0.908. The topological polar surface area (TPSA) is 61.8 Å². The molecule has 2 N–H and O–H groups in total. The summed E-state index contributed by atoms with van der Waals surface area (Å²) in [6, 6.07) is 9.14. The third-order valence-electron chi connectivity index (χ3n) is 5.34. The Morgan fingerprint density at radius 3 is 2.52 bits per heavy atom. The van der Waals surface area contributed by atoms with Crippen LogP contribution in [0.3, 0.4) is 0 Å². The van der Waals surface area contributed by atoms with Gasteiger partial charge in [0.25, 0.3) is 0 Å². The van der Waals surface area contributed by atoms with Crippen LogP contribution >= 0.6 is 11.3 Å². The van der Waals surface area contributed by atoms with E-state index in [9.17, 15) is 0 Å². The van der Waals surface area contributed by atoms with Crippen LogP contribution in [0.25, 0.3) is 0 Å². The van der Waals surface area contributed by atoms with Gasteiger partial charge in [-0.15, -0.1) is 11.3 Å². The molecule has 29 heavy (non-hydrogen) atoms. The monoisotopic (exact) mass is 415 g/mol. The molecular formula is C22H33N5OS. The predicted octanol–water partition coefficient (Wildman–Crippen LogP) is 2.85. The lowest BCUT2D eigenvalue weighted by Gasteiger charge is -2.35. The maximum atomic E-state index is 5.55. The maximum Gasteiger partial charge on any atom is 0.191 e. The van der Waals surface area contributed by atoms with E-state index in [1.165, 1.54) is 21.0 Å². The minimum Gasteiger partial charge on any atom is -0.379 e. The number of aryl methyl sites for hydroxylation is 3. The molecular weight excluding hydrogens is 382 g/mol. The Kier molecular flexibility index (Phi) is 8.03. The molecule has 0 amide bonds. The Balaban J connectivity index is 1.56. The number of guanidine groups is 1. The molecule has 1 aromatic carbocycles. The molecule has 1 unspecified atom stereocenters. The van der Waals surface area contributed by atoms with Crippen LogP contribution in [0.4, 0.5) is 0 Å². The Morgan fingerprint density at radius 2 is 1.90 bits per heavy atom. The molecule has 7 heteroatoms. The Bertz CT molecular complexity index is 777. The molecule has 0 aliphatic carbocycles. The molecule has 1 aliphatic heterocycles. The highest BCUT2D eigenvalue weighted by atomic mass is 32.1. The van der Waals surface area contributed by atoms with Gasteiger partial charge < -0.3 is 15.4 Å². The van der Waals surface area contributed by atoms with Crippen LogP contribution < -0.4 is 10.6 Å². The number of thiazole rings is 1. The first-order valence-corrected chi connectivity index (χ1v) is 11.1. The van der Waals surface area contributed by atoms with Gasteiger partial charge in [0.2, 0.25) is 0 Å². The van der Waals surface area contributed by atoms with E-state index in [4.69, 9.17) is 4.74 Å². The van der Waals surface area contributed by atoms with Crippen molar-refractivity contribution in [1.29, 1.82) is 0 Å². The van der Waals surface area contributed by atoms with Crippen molar-refractivity contribution in [2.24, 2.45) is 4.99 Å². The van der Waals surface area contributed by atoms with Crippen molar-refractivity contribution >= 4 is 17.3 Å². The second-order valence-electron chi connectivity index (χ2n) is 7.45. The Morgan fingerprint density at radius 1 is 1.17 bits per heavy atom. The zero-order valence-electron chi connectivity index (χ0n) is 18.0. The summed E-state index contributed by atoms with van der Waals surface area (Å²) in [6.45, 7) is 11.4. The van der Waals surface area contributed by atoms with E-state index in [-0.39, 0.29) is 0 Å². The third kappa shape index (κ3) is 6.26. The number of aliphatic imine (C=N–C) groups is 1. The fraction of sp³-hybridized carbons (Fsp3) is 0.545. The second kappa shape index (κ2) is 10.7. The van der Waals surface area contributed by atoms with Gasteiger partial charge in [-0.3, -0.25) is 9.89 Å². The second-order valence-corrected chi connectivity index (χ2v) is 8.74. The minimum absolute atomic E-state index is 0.294. The summed E-state index contributed by atoms with van der Waals surface area (Å²) in [5.41, 5.74) is 3.75. The molecule has 0 bridgehead atoms. The van der Waals surface area contributed by atoms with Crippen molar-refractivity contribution in [3.8, 4) is 0 Å². The number of nitrogens with one attached hydrogen (secondary N) is 2. The van der Waals surface area contributed by atoms with Crippen LogP contribution in [0.5, 0.6) is 0 Å². The van der Waals surface area contributed by atoms with E-state index in [1.807, 2.05) is 7.05 Å².